The monoisotopic (exact) mass is 352 g/mol. The number of amides is 1. The number of hydrogen-bond acceptors (Lipinski definition) is 3. The van der Waals surface area contributed by atoms with Crippen molar-refractivity contribution in [3.8, 4) is 0 Å². The number of halogens is 4. The molecule has 0 spiro atoms. The summed E-state index contributed by atoms with van der Waals surface area (Å²) in [5.41, 5.74) is 5.01. The lowest BCUT2D eigenvalue weighted by molar-refractivity contribution is -0.138. The molecule has 3 N–H and O–H groups in total. The van der Waals surface area contributed by atoms with Gasteiger partial charge >= 0.3 is 6.18 Å². The average molecular weight is 353 g/mol. The maximum atomic E-state index is 12.5. The number of rotatable bonds is 4. The van der Waals surface area contributed by atoms with Gasteiger partial charge in [-0.3, -0.25) is 4.79 Å². The minimum absolute atomic E-state index is 0. The van der Waals surface area contributed by atoms with E-state index in [-0.39, 0.29) is 31.4 Å². The van der Waals surface area contributed by atoms with Gasteiger partial charge in [0.15, 0.2) is 0 Å². The maximum Gasteiger partial charge on any atom is 0.416 e. The molecule has 0 atom stereocenters. The number of alkyl halides is 3. The summed E-state index contributed by atoms with van der Waals surface area (Å²) in [4.78, 5) is 12.3. The summed E-state index contributed by atoms with van der Waals surface area (Å²) in [6.45, 7) is 1.39. The molecule has 8 heteroatoms. The standard InChI is InChI=1S/C15H19F3N2O2.ClH/c16-15(17,18)12-3-1-11(2-4-12)9-20-13(21)14(10-19)5-7-22-8-6-14;/h1-4H,5-10,19H2,(H,20,21);1H. The normalized spacial score (nSPS) is 17.2. The highest BCUT2D eigenvalue weighted by atomic mass is 35.5. The lowest BCUT2D eigenvalue weighted by Gasteiger charge is -2.34. The predicted molar refractivity (Wildman–Crippen MR) is 82.1 cm³/mol. The Kier molecular flexibility index (Phi) is 6.85. The van der Waals surface area contributed by atoms with Crippen molar-refractivity contribution in [2.24, 2.45) is 11.1 Å². The van der Waals surface area contributed by atoms with Crippen LogP contribution in [0.2, 0.25) is 0 Å². The third kappa shape index (κ3) is 4.83. The number of ether oxygens (including phenoxy) is 1. The molecule has 0 aliphatic carbocycles. The number of carbonyl (C=O) groups is 1. The van der Waals surface area contributed by atoms with E-state index in [0.29, 0.717) is 31.6 Å². The molecule has 4 nitrogen and oxygen atoms in total. The Morgan fingerprint density at radius 2 is 1.78 bits per heavy atom. The van der Waals surface area contributed by atoms with Crippen LogP contribution in [0.1, 0.15) is 24.0 Å². The number of nitrogens with two attached hydrogens (primary N) is 1. The number of nitrogens with one attached hydrogen (secondary N) is 1. The van der Waals surface area contributed by atoms with Crippen LogP contribution in [0.15, 0.2) is 24.3 Å². The molecule has 1 amide bonds. The van der Waals surface area contributed by atoms with Crippen LogP contribution in [-0.4, -0.2) is 25.7 Å². The molecule has 1 saturated heterocycles. The third-order valence-electron chi connectivity index (χ3n) is 4.06. The van der Waals surface area contributed by atoms with Crippen molar-refractivity contribution in [2.45, 2.75) is 25.6 Å². The van der Waals surface area contributed by atoms with E-state index in [1.165, 1.54) is 12.1 Å². The second-order valence-corrected chi connectivity index (χ2v) is 5.47. The van der Waals surface area contributed by atoms with Crippen LogP contribution in [0, 0.1) is 5.41 Å². The van der Waals surface area contributed by atoms with Crippen LogP contribution >= 0.6 is 12.4 Å². The summed E-state index contributed by atoms with van der Waals surface area (Å²) in [6.07, 6.45) is -3.24. The first-order valence-electron chi connectivity index (χ1n) is 7.10. The van der Waals surface area contributed by atoms with E-state index in [9.17, 15) is 18.0 Å². The van der Waals surface area contributed by atoms with Gasteiger partial charge in [0.1, 0.15) is 0 Å². The fourth-order valence-corrected chi connectivity index (χ4v) is 2.47. The van der Waals surface area contributed by atoms with Crippen LogP contribution in [0.3, 0.4) is 0 Å². The summed E-state index contributed by atoms with van der Waals surface area (Å²) in [5, 5.41) is 2.76. The van der Waals surface area contributed by atoms with Gasteiger partial charge in [0.25, 0.3) is 0 Å². The van der Waals surface area contributed by atoms with E-state index in [1.807, 2.05) is 0 Å². The topological polar surface area (TPSA) is 64.4 Å². The molecule has 1 fully saturated rings. The Morgan fingerprint density at radius 3 is 2.26 bits per heavy atom. The Hall–Kier alpha value is -1.31. The van der Waals surface area contributed by atoms with Gasteiger partial charge in [0, 0.05) is 26.3 Å². The zero-order valence-corrected chi connectivity index (χ0v) is 13.3. The second kappa shape index (κ2) is 7.99. The van der Waals surface area contributed by atoms with Crippen molar-refractivity contribution in [2.75, 3.05) is 19.8 Å². The van der Waals surface area contributed by atoms with Crippen molar-refractivity contribution in [1.82, 2.24) is 5.32 Å². The third-order valence-corrected chi connectivity index (χ3v) is 4.06. The van der Waals surface area contributed by atoms with E-state index < -0.39 is 17.2 Å². The van der Waals surface area contributed by atoms with E-state index in [4.69, 9.17) is 10.5 Å². The first kappa shape index (κ1) is 19.7. The average Bonchev–Trinajstić information content (AvgIpc) is 2.52. The summed E-state index contributed by atoms with van der Waals surface area (Å²) >= 11 is 0. The Balaban J connectivity index is 0.00000264. The van der Waals surface area contributed by atoms with Crippen molar-refractivity contribution < 1.29 is 22.7 Å². The zero-order valence-electron chi connectivity index (χ0n) is 12.5. The van der Waals surface area contributed by atoms with Crippen molar-refractivity contribution in [3.05, 3.63) is 35.4 Å². The first-order valence-corrected chi connectivity index (χ1v) is 7.10. The molecule has 0 unspecified atom stereocenters. The van der Waals surface area contributed by atoms with Gasteiger partial charge in [-0.1, -0.05) is 12.1 Å². The predicted octanol–water partition coefficient (Wildman–Crippen LogP) is 2.50. The molecule has 1 aliphatic rings. The number of carbonyl (C=O) groups excluding carboxylic acids is 1. The molecule has 0 radical (unpaired) electrons. The Bertz CT molecular complexity index is 514. The molecule has 1 heterocycles. The molecule has 1 aliphatic heterocycles. The lowest BCUT2D eigenvalue weighted by Crippen LogP contribution is -2.48. The SMILES string of the molecule is Cl.NCC1(C(=O)NCc2ccc(C(F)(F)F)cc2)CCOCC1. The largest absolute Gasteiger partial charge is 0.416 e. The second-order valence-electron chi connectivity index (χ2n) is 5.47. The molecule has 130 valence electrons. The van der Waals surface area contributed by atoms with E-state index >= 15 is 0 Å². The molecule has 0 saturated carbocycles. The quantitative estimate of drug-likeness (QED) is 0.875. The van der Waals surface area contributed by atoms with Gasteiger partial charge in [-0.25, -0.2) is 0 Å². The van der Waals surface area contributed by atoms with Gasteiger partial charge in [0.05, 0.1) is 11.0 Å². The minimum atomic E-state index is -4.35. The van der Waals surface area contributed by atoms with E-state index in [1.54, 1.807) is 0 Å². The van der Waals surface area contributed by atoms with Crippen LogP contribution in [0.25, 0.3) is 0 Å². The fraction of sp³-hybridized carbons (Fsp3) is 0.533. The zero-order chi connectivity index (χ0) is 16.2. The molecular formula is C15H20ClF3N2O2. The van der Waals surface area contributed by atoms with Gasteiger partial charge in [-0.05, 0) is 30.5 Å². The molecule has 23 heavy (non-hydrogen) atoms. The van der Waals surface area contributed by atoms with Crippen LogP contribution in [0.5, 0.6) is 0 Å². The Morgan fingerprint density at radius 1 is 1.22 bits per heavy atom. The molecule has 0 aromatic heterocycles. The Labute approximate surface area is 139 Å². The van der Waals surface area contributed by atoms with Crippen molar-refractivity contribution >= 4 is 18.3 Å². The van der Waals surface area contributed by atoms with Gasteiger partial charge < -0.3 is 15.8 Å². The van der Waals surface area contributed by atoms with E-state index in [0.717, 1.165) is 12.1 Å². The van der Waals surface area contributed by atoms with Crippen molar-refractivity contribution in [3.63, 3.8) is 0 Å². The van der Waals surface area contributed by atoms with Gasteiger partial charge in [0.2, 0.25) is 5.91 Å². The van der Waals surface area contributed by atoms with Gasteiger partial charge in [-0.2, -0.15) is 13.2 Å². The molecule has 1 aromatic carbocycles. The summed E-state index contributed by atoms with van der Waals surface area (Å²) < 4.78 is 42.7. The van der Waals surface area contributed by atoms with Crippen LogP contribution in [-0.2, 0) is 22.3 Å². The summed E-state index contributed by atoms with van der Waals surface area (Å²) in [7, 11) is 0. The molecule has 0 bridgehead atoms. The highest BCUT2D eigenvalue weighted by Gasteiger charge is 2.38. The van der Waals surface area contributed by atoms with Gasteiger partial charge in [-0.15, -0.1) is 12.4 Å². The highest BCUT2D eigenvalue weighted by Crippen LogP contribution is 2.30. The smallest absolute Gasteiger partial charge is 0.381 e. The first-order chi connectivity index (χ1) is 10.4. The number of hydrogen-bond donors (Lipinski definition) is 2. The minimum Gasteiger partial charge on any atom is -0.381 e. The summed E-state index contributed by atoms with van der Waals surface area (Å²) in [6, 6.07) is 4.74. The molecular weight excluding hydrogens is 333 g/mol. The lowest BCUT2D eigenvalue weighted by atomic mass is 9.79. The molecule has 1 aromatic rings. The van der Waals surface area contributed by atoms with Crippen LogP contribution < -0.4 is 11.1 Å². The van der Waals surface area contributed by atoms with Crippen molar-refractivity contribution in [1.29, 1.82) is 0 Å². The number of benzene rings is 1. The maximum absolute atomic E-state index is 12.5. The fourth-order valence-electron chi connectivity index (χ4n) is 2.47. The molecule has 2 rings (SSSR count). The van der Waals surface area contributed by atoms with Crippen LogP contribution in [0.4, 0.5) is 13.2 Å². The highest BCUT2D eigenvalue weighted by molar-refractivity contribution is 5.85. The summed E-state index contributed by atoms with van der Waals surface area (Å²) in [5.74, 6) is -0.168. The van der Waals surface area contributed by atoms with E-state index in [2.05, 4.69) is 5.32 Å².